The molecular formula is C19H22N6. The molecule has 3 aromatic heterocycles. The average Bonchev–Trinajstić information content (AvgIpc) is 3.11. The van der Waals surface area contributed by atoms with E-state index in [9.17, 15) is 0 Å². The minimum Gasteiger partial charge on any atom is -0.354 e. The van der Waals surface area contributed by atoms with Crippen LogP contribution in [-0.4, -0.2) is 37.8 Å². The van der Waals surface area contributed by atoms with Crippen LogP contribution in [0.2, 0.25) is 0 Å². The lowest BCUT2D eigenvalue weighted by Crippen LogP contribution is -2.36. The summed E-state index contributed by atoms with van der Waals surface area (Å²) >= 11 is 0. The number of aryl methyl sites for hydroxylation is 1. The van der Waals surface area contributed by atoms with E-state index in [1.165, 1.54) is 0 Å². The summed E-state index contributed by atoms with van der Waals surface area (Å²) in [5.41, 5.74) is 2.00. The van der Waals surface area contributed by atoms with Crippen LogP contribution in [0.25, 0.3) is 0 Å². The Morgan fingerprint density at radius 2 is 2.04 bits per heavy atom. The molecule has 0 N–H and O–H groups in total. The van der Waals surface area contributed by atoms with Crippen LogP contribution >= 0.6 is 0 Å². The van der Waals surface area contributed by atoms with Crippen molar-refractivity contribution in [2.75, 3.05) is 18.0 Å². The van der Waals surface area contributed by atoms with Gasteiger partial charge in [0.05, 0.1) is 17.9 Å². The first-order valence-corrected chi connectivity index (χ1v) is 8.76. The van der Waals surface area contributed by atoms with Crippen molar-refractivity contribution in [2.45, 2.75) is 32.2 Å². The number of hydrogen-bond acceptors (Lipinski definition) is 5. The third kappa shape index (κ3) is 3.52. The van der Waals surface area contributed by atoms with Gasteiger partial charge in [0.15, 0.2) is 5.82 Å². The first-order chi connectivity index (χ1) is 12.3. The summed E-state index contributed by atoms with van der Waals surface area (Å²) in [5.74, 6) is 2.49. The van der Waals surface area contributed by atoms with E-state index in [0.717, 1.165) is 55.5 Å². The van der Waals surface area contributed by atoms with Gasteiger partial charge in [0.25, 0.3) is 0 Å². The molecule has 6 heteroatoms. The van der Waals surface area contributed by atoms with Gasteiger partial charge in [0.2, 0.25) is 0 Å². The van der Waals surface area contributed by atoms with E-state index in [1.54, 1.807) is 0 Å². The second-order valence-electron chi connectivity index (χ2n) is 6.55. The number of anilines is 1. The lowest BCUT2D eigenvalue weighted by Gasteiger charge is -2.33. The molecule has 0 bridgehead atoms. The summed E-state index contributed by atoms with van der Waals surface area (Å²) in [6.45, 7) is 4.67. The van der Waals surface area contributed by atoms with E-state index < -0.39 is 0 Å². The summed E-state index contributed by atoms with van der Waals surface area (Å²) < 4.78 is 2.22. The molecule has 0 radical (unpaired) electrons. The summed E-state index contributed by atoms with van der Waals surface area (Å²) in [4.78, 5) is 11.4. The second kappa shape index (κ2) is 7.01. The lowest BCUT2D eigenvalue weighted by molar-refractivity contribution is 0.472. The van der Waals surface area contributed by atoms with Crippen LogP contribution in [0.15, 0.2) is 48.9 Å². The van der Waals surface area contributed by atoms with Gasteiger partial charge in [-0.05, 0) is 44.0 Å². The fourth-order valence-corrected chi connectivity index (χ4v) is 3.44. The molecule has 128 valence electrons. The van der Waals surface area contributed by atoms with Crippen molar-refractivity contribution in [3.8, 4) is 0 Å². The zero-order chi connectivity index (χ0) is 17.1. The molecule has 4 heterocycles. The molecule has 4 rings (SSSR count). The number of hydrogen-bond donors (Lipinski definition) is 0. The topological polar surface area (TPSA) is 59.7 Å². The lowest BCUT2D eigenvalue weighted by atomic mass is 9.97. The maximum absolute atomic E-state index is 4.65. The van der Waals surface area contributed by atoms with Gasteiger partial charge in [-0.15, -0.1) is 5.10 Å². The highest BCUT2D eigenvalue weighted by molar-refractivity contribution is 5.38. The summed E-state index contributed by atoms with van der Waals surface area (Å²) in [6, 6.07) is 10.1. The first-order valence-electron chi connectivity index (χ1n) is 8.76. The molecule has 3 aromatic rings. The Labute approximate surface area is 147 Å². The molecule has 0 amide bonds. The normalized spacial score (nSPS) is 17.6. The molecular weight excluding hydrogens is 312 g/mol. The van der Waals surface area contributed by atoms with Crippen molar-refractivity contribution in [1.29, 1.82) is 0 Å². The molecule has 25 heavy (non-hydrogen) atoms. The molecule has 0 unspecified atom stereocenters. The number of pyridine rings is 1. The minimum absolute atomic E-state index is 0.399. The van der Waals surface area contributed by atoms with Crippen LogP contribution < -0.4 is 4.90 Å². The van der Waals surface area contributed by atoms with E-state index in [-0.39, 0.29) is 0 Å². The van der Waals surface area contributed by atoms with E-state index in [2.05, 4.69) is 48.0 Å². The Morgan fingerprint density at radius 1 is 1.08 bits per heavy atom. The molecule has 1 atom stereocenters. The number of nitrogens with zero attached hydrogens (tertiary/aromatic N) is 6. The fraction of sp³-hybridized carbons (Fsp3) is 0.368. The summed E-state index contributed by atoms with van der Waals surface area (Å²) in [7, 11) is 0. The standard InChI is InChI=1S/C19H22N6/c1-15-7-8-18(23-22-15)24-11-4-5-16(13-24)19-21-10-12-25(19)14-17-6-2-3-9-20-17/h2-3,6-10,12,16H,4-5,11,13-14H2,1H3/t16-/m0/s1. The third-order valence-corrected chi connectivity index (χ3v) is 4.70. The van der Waals surface area contributed by atoms with Gasteiger partial charge in [-0.1, -0.05) is 6.07 Å². The van der Waals surface area contributed by atoms with Gasteiger partial charge in [-0.3, -0.25) is 4.98 Å². The number of aromatic nitrogens is 5. The number of imidazole rings is 1. The average molecular weight is 334 g/mol. The van der Waals surface area contributed by atoms with Crippen molar-refractivity contribution >= 4 is 5.82 Å². The Balaban J connectivity index is 1.52. The molecule has 6 nitrogen and oxygen atoms in total. The molecule has 0 aliphatic carbocycles. The minimum atomic E-state index is 0.399. The van der Waals surface area contributed by atoms with Crippen LogP contribution in [0.4, 0.5) is 5.82 Å². The van der Waals surface area contributed by atoms with Gasteiger partial charge in [0, 0.05) is 37.6 Å². The first kappa shape index (κ1) is 15.7. The SMILES string of the molecule is Cc1ccc(N2CCC[C@H](c3nccn3Cc3ccccn3)C2)nn1. The van der Waals surface area contributed by atoms with E-state index in [4.69, 9.17) is 0 Å². The van der Waals surface area contributed by atoms with Crippen LogP contribution in [0.3, 0.4) is 0 Å². The molecule has 1 saturated heterocycles. The van der Waals surface area contributed by atoms with E-state index >= 15 is 0 Å². The smallest absolute Gasteiger partial charge is 0.151 e. The van der Waals surface area contributed by atoms with Crippen molar-refractivity contribution < 1.29 is 0 Å². The van der Waals surface area contributed by atoms with Gasteiger partial charge in [-0.25, -0.2) is 4.98 Å². The quantitative estimate of drug-likeness (QED) is 0.734. The van der Waals surface area contributed by atoms with E-state index in [0.29, 0.717) is 5.92 Å². The largest absolute Gasteiger partial charge is 0.354 e. The molecule has 1 fully saturated rings. The van der Waals surface area contributed by atoms with Crippen molar-refractivity contribution in [2.24, 2.45) is 0 Å². The molecule has 1 aliphatic rings. The van der Waals surface area contributed by atoms with E-state index in [1.807, 2.05) is 37.5 Å². The van der Waals surface area contributed by atoms with Gasteiger partial charge < -0.3 is 9.47 Å². The highest BCUT2D eigenvalue weighted by Crippen LogP contribution is 2.28. The predicted molar refractivity (Wildman–Crippen MR) is 96.5 cm³/mol. The predicted octanol–water partition coefficient (Wildman–Crippen LogP) is 2.81. The van der Waals surface area contributed by atoms with Crippen LogP contribution in [0, 0.1) is 6.92 Å². The number of piperidine rings is 1. The fourth-order valence-electron chi connectivity index (χ4n) is 3.44. The van der Waals surface area contributed by atoms with Crippen LogP contribution in [0.1, 0.15) is 36.0 Å². The Bertz CT molecular complexity index is 811. The molecule has 0 aromatic carbocycles. The van der Waals surface area contributed by atoms with Crippen molar-refractivity contribution in [3.63, 3.8) is 0 Å². The summed E-state index contributed by atoms with van der Waals surface area (Å²) in [6.07, 6.45) is 8.06. The second-order valence-corrected chi connectivity index (χ2v) is 6.55. The van der Waals surface area contributed by atoms with Crippen molar-refractivity contribution in [3.05, 3.63) is 66.1 Å². The highest BCUT2D eigenvalue weighted by Gasteiger charge is 2.25. The Hall–Kier alpha value is -2.76. The molecule has 0 saturated carbocycles. The molecule has 1 aliphatic heterocycles. The maximum atomic E-state index is 4.65. The number of rotatable bonds is 4. The Morgan fingerprint density at radius 3 is 2.84 bits per heavy atom. The summed E-state index contributed by atoms with van der Waals surface area (Å²) in [5, 5.41) is 8.54. The zero-order valence-electron chi connectivity index (χ0n) is 14.4. The van der Waals surface area contributed by atoms with Crippen LogP contribution in [-0.2, 0) is 6.54 Å². The Kier molecular flexibility index (Phi) is 4.41. The third-order valence-electron chi connectivity index (χ3n) is 4.70. The van der Waals surface area contributed by atoms with Crippen LogP contribution in [0.5, 0.6) is 0 Å². The molecule has 0 spiro atoms. The van der Waals surface area contributed by atoms with Gasteiger partial charge in [-0.2, -0.15) is 5.10 Å². The zero-order valence-corrected chi connectivity index (χ0v) is 14.4. The monoisotopic (exact) mass is 334 g/mol. The van der Waals surface area contributed by atoms with Gasteiger partial charge >= 0.3 is 0 Å². The van der Waals surface area contributed by atoms with Gasteiger partial charge in [0.1, 0.15) is 5.82 Å². The maximum Gasteiger partial charge on any atom is 0.151 e. The highest BCUT2D eigenvalue weighted by atomic mass is 15.3. The van der Waals surface area contributed by atoms with Crippen molar-refractivity contribution in [1.82, 2.24) is 24.7 Å².